The van der Waals surface area contributed by atoms with Gasteiger partial charge in [-0.05, 0) is 29.2 Å². The van der Waals surface area contributed by atoms with E-state index in [0.29, 0.717) is 52.5 Å². The van der Waals surface area contributed by atoms with Crippen molar-refractivity contribution in [2.45, 2.75) is 83.0 Å². The molecule has 1 aliphatic rings. The molecule has 1 saturated heterocycles. The fourth-order valence-corrected chi connectivity index (χ4v) is 5.80. The first-order chi connectivity index (χ1) is 23.2. The van der Waals surface area contributed by atoms with Gasteiger partial charge in [0.2, 0.25) is 0 Å². The second-order valence-electron chi connectivity index (χ2n) is 11.8. The van der Waals surface area contributed by atoms with Crippen LogP contribution >= 0.6 is 0 Å². The lowest BCUT2D eigenvalue weighted by molar-refractivity contribution is -0.291. The van der Waals surface area contributed by atoms with Crippen LogP contribution in [0, 0.1) is 0 Å². The SMILES string of the molecule is CCO[C@H]1O[C@@H](C[C@H](OC)[C@H](COCc2ccccc2)OCc2ccccc2)C[C@H](OCc2ccccc2)[C@@H]1OCc1ccccc1. The van der Waals surface area contributed by atoms with E-state index in [2.05, 4.69) is 48.5 Å². The maximum absolute atomic E-state index is 6.63. The van der Waals surface area contributed by atoms with Gasteiger partial charge in [-0.25, -0.2) is 0 Å². The van der Waals surface area contributed by atoms with Gasteiger partial charge in [-0.2, -0.15) is 0 Å². The summed E-state index contributed by atoms with van der Waals surface area (Å²) in [5.74, 6) is 0. The average molecular weight is 641 g/mol. The van der Waals surface area contributed by atoms with E-state index in [1.807, 2.05) is 79.7 Å². The van der Waals surface area contributed by atoms with Crippen LogP contribution in [0.3, 0.4) is 0 Å². The van der Waals surface area contributed by atoms with E-state index < -0.39 is 12.4 Å². The van der Waals surface area contributed by atoms with Crippen LogP contribution in [0.5, 0.6) is 0 Å². The molecule has 47 heavy (non-hydrogen) atoms. The third-order valence-electron chi connectivity index (χ3n) is 8.29. The number of rotatable bonds is 19. The molecule has 0 aromatic heterocycles. The molecule has 1 fully saturated rings. The van der Waals surface area contributed by atoms with E-state index in [9.17, 15) is 0 Å². The van der Waals surface area contributed by atoms with Crippen molar-refractivity contribution < 1.29 is 33.2 Å². The fourth-order valence-electron chi connectivity index (χ4n) is 5.80. The summed E-state index contributed by atoms with van der Waals surface area (Å²) in [5.41, 5.74) is 4.39. The topological polar surface area (TPSA) is 64.6 Å². The van der Waals surface area contributed by atoms with Gasteiger partial charge in [0.05, 0.1) is 51.3 Å². The minimum atomic E-state index is -0.598. The molecule has 0 bridgehead atoms. The average Bonchev–Trinajstić information content (AvgIpc) is 3.12. The molecule has 250 valence electrons. The van der Waals surface area contributed by atoms with Crippen molar-refractivity contribution in [1.29, 1.82) is 0 Å². The molecule has 0 aliphatic carbocycles. The first kappa shape index (κ1) is 34.9. The molecule has 7 heteroatoms. The zero-order valence-electron chi connectivity index (χ0n) is 27.5. The van der Waals surface area contributed by atoms with Crippen LogP contribution in [0.2, 0.25) is 0 Å². The van der Waals surface area contributed by atoms with Gasteiger partial charge in [0.15, 0.2) is 6.29 Å². The smallest absolute Gasteiger partial charge is 0.186 e. The summed E-state index contributed by atoms with van der Waals surface area (Å²) < 4.78 is 44.6. The molecule has 0 unspecified atom stereocenters. The number of methoxy groups -OCH3 is 1. The van der Waals surface area contributed by atoms with Crippen molar-refractivity contribution in [3.8, 4) is 0 Å². The Morgan fingerprint density at radius 3 is 1.66 bits per heavy atom. The monoisotopic (exact) mass is 640 g/mol. The molecule has 1 aliphatic heterocycles. The maximum Gasteiger partial charge on any atom is 0.186 e. The van der Waals surface area contributed by atoms with E-state index in [4.69, 9.17) is 33.2 Å². The summed E-state index contributed by atoms with van der Waals surface area (Å²) in [6.07, 6.45) is -0.909. The largest absolute Gasteiger partial charge is 0.379 e. The Hall–Kier alpha value is -3.40. The summed E-state index contributed by atoms with van der Waals surface area (Å²) in [6.45, 7) is 4.66. The molecule has 4 aromatic rings. The highest BCUT2D eigenvalue weighted by molar-refractivity contribution is 5.16. The standard InChI is InChI=1S/C40H48O7/c1-3-43-40-39(46-29-34-22-14-7-15-23-34)37(44-27-32-18-10-5-11-19-32)25-35(47-40)24-36(41-2)38(45-28-33-20-12-6-13-21-33)30-42-26-31-16-8-4-9-17-31/h4-23,35-40H,3,24-30H2,1-2H3/t35-,36-,37-,38-,39-,40-/m0/s1. The maximum atomic E-state index is 6.63. The van der Waals surface area contributed by atoms with Crippen LogP contribution in [0.15, 0.2) is 121 Å². The molecule has 1 heterocycles. The molecule has 0 amide bonds. The normalized spacial score (nSPS) is 20.9. The first-order valence-corrected chi connectivity index (χ1v) is 16.6. The van der Waals surface area contributed by atoms with E-state index in [1.54, 1.807) is 7.11 Å². The second-order valence-corrected chi connectivity index (χ2v) is 11.8. The fraction of sp³-hybridized carbons (Fsp3) is 0.400. The highest BCUT2D eigenvalue weighted by Crippen LogP contribution is 2.31. The highest BCUT2D eigenvalue weighted by atomic mass is 16.7. The van der Waals surface area contributed by atoms with Crippen LogP contribution in [0.4, 0.5) is 0 Å². The van der Waals surface area contributed by atoms with Gasteiger partial charge in [0.1, 0.15) is 12.2 Å². The molecule has 0 radical (unpaired) electrons. The van der Waals surface area contributed by atoms with Crippen molar-refractivity contribution in [3.63, 3.8) is 0 Å². The van der Waals surface area contributed by atoms with Crippen LogP contribution in [0.1, 0.15) is 42.0 Å². The van der Waals surface area contributed by atoms with Crippen molar-refractivity contribution in [1.82, 2.24) is 0 Å². The van der Waals surface area contributed by atoms with Gasteiger partial charge in [-0.15, -0.1) is 0 Å². The minimum Gasteiger partial charge on any atom is -0.379 e. The Bertz CT molecular complexity index is 1370. The second kappa shape index (κ2) is 19.4. The minimum absolute atomic E-state index is 0.217. The number of ether oxygens (including phenoxy) is 7. The van der Waals surface area contributed by atoms with Crippen LogP contribution in [-0.4, -0.2) is 57.1 Å². The Balaban J connectivity index is 1.29. The first-order valence-electron chi connectivity index (χ1n) is 16.6. The lowest BCUT2D eigenvalue weighted by Gasteiger charge is -2.42. The van der Waals surface area contributed by atoms with E-state index in [-0.39, 0.29) is 24.4 Å². The molecule has 0 spiro atoms. The predicted molar refractivity (Wildman–Crippen MR) is 181 cm³/mol. The van der Waals surface area contributed by atoms with Gasteiger partial charge in [0, 0.05) is 26.6 Å². The van der Waals surface area contributed by atoms with Gasteiger partial charge in [-0.1, -0.05) is 121 Å². The van der Waals surface area contributed by atoms with E-state index in [0.717, 1.165) is 22.3 Å². The lowest BCUT2D eigenvalue weighted by atomic mass is 9.95. The zero-order chi connectivity index (χ0) is 32.5. The Labute approximate surface area is 279 Å². The molecule has 4 aromatic carbocycles. The molecular weight excluding hydrogens is 592 g/mol. The zero-order valence-corrected chi connectivity index (χ0v) is 27.5. The quantitative estimate of drug-likeness (QED) is 0.105. The third-order valence-corrected chi connectivity index (χ3v) is 8.29. The molecular formula is C40H48O7. The number of benzene rings is 4. The van der Waals surface area contributed by atoms with Gasteiger partial charge in [-0.3, -0.25) is 0 Å². The summed E-state index contributed by atoms with van der Waals surface area (Å²) in [6, 6.07) is 40.7. The summed E-state index contributed by atoms with van der Waals surface area (Å²) >= 11 is 0. The highest BCUT2D eigenvalue weighted by Gasteiger charge is 2.42. The van der Waals surface area contributed by atoms with Crippen molar-refractivity contribution in [3.05, 3.63) is 144 Å². The Morgan fingerprint density at radius 1 is 0.617 bits per heavy atom. The number of hydrogen-bond acceptors (Lipinski definition) is 7. The van der Waals surface area contributed by atoms with E-state index >= 15 is 0 Å². The molecule has 0 saturated carbocycles. The van der Waals surface area contributed by atoms with Crippen LogP contribution in [0.25, 0.3) is 0 Å². The molecule has 7 nitrogen and oxygen atoms in total. The van der Waals surface area contributed by atoms with Crippen LogP contribution < -0.4 is 0 Å². The Morgan fingerprint density at radius 2 is 1.13 bits per heavy atom. The van der Waals surface area contributed by atoms with Gasteiger partial charge in [0.25, 0.3) is 0 Å². The Kier molecular flexibility index (Phi) is 14.4. The van der Waals surface area contributed by atoms with Gasteiger partial charge < -0.3 is 33.2 Å². The molecule has 0 N–H and O–H groups in total. The third kappa shape index (κ3) is 11.4. The van der Waals surface area contributed by atoms with E-state index in [1.165, 1.54) is 0 Å². The number of hydrogen-bond donors (Lipinski definition) is 0. The van der Waals surface area contributed by atoms with Crippen molar-refractivity contribution in [2.24, 2.45) is 0 Å². The summed E-state index contributed by atoms with van der Waals surface area (Å²) in [4.78, 5) is 0. The summed E-state index contributed by atoms with van der Waals surface area (Å²) in [5, 5.41) is 0. The van der Waals surface area contributed by atoms with Crippen LogP contribution in [-0.2, 0) is 59.6 Å². The predicted octanol–water partition coefficient (Wildman–Crippen LogP) is 7.52. The van der Waals surface area contributed by atoms with Crippen molar-refractivity contribution >= 4 is 0 Å². The summed E-state index contributed by atoms with van der Waals surface area (Å²) in [7, 11) is 1.72. The van der Waals surface area contributed by atoms with Crippen molar-refractivity contribution in [2.75, 3.05) is 20.3 Å². The lowest BCUT2D eigenvalue weighted by Crippen LogP contribution is -2.53. The molecule has 5 rings (SSSR count). The molecule has 6 atom stereocenters. The van der Waals surface area contributed by atoms with Gasteiger partial charge >= 0.3 is 0 Å².